The topological polar surface area (TPSA) is 335 Å². The standard InChI is InChI=1S/C25H24F6N4.C15H11BrClF3N2O.C13H12Cl2N4OS.C12H6Cl2F6N4OS2.C12H4Cl2F6N4OS/c1-23(2)15-32-22(33-16-23)35-34-21(13-7-17-3-9-19(10-4-17)24(26,27)28)14-8-18-5-11-20(12-6-18)25(29,30)31;1-2-23-8-22-13(9-3-5-10(17)6-4-9)11(7-21)12(16)14(22)15(18,19)20;1-3-20-21-12-10(6-16)18-19(13(12)17)11-8(14)4-7(2)5-9(11)15;13-4-1-3(11(15,16)17)2-5(14)7(4)24-9(21)8(6(23-24)10(22)26)27(25)12(18,19)20;13-5-1-4(11(15,16)17)2-6(14)8(5)24-10(22)9(7(3-21)23-24)26(25)12(18,19)20/h3-14H,15-16H2,1-2H3,(H2,32,33,35);3-6H,2,8H2,1H3;4-5H,3,17H2,1-2H3;1-2H,21H2,(H2,22,26);1-2H,22H2. The molecular weight excluding hydrogens is 2100 g/mol. The number of ether oxygens (including phenoxy) is 1. The predicted molar refractivity (Wildman–Crippen MR) is 466 cm³/mol. The van der Waals surface area contributed by atoms with E-state index in [1.54, 1.807) is 67.6 Å². The van der Waals surface area contributed by atoms with Gasteiger partial charge >= 0.3 is 41.9 Å². The highest BCUT2D eigenvalue weighted by Crippen LogP contribution is 2.47. The van der Waals surface area contributed by atoms with E-state index in [9.17, 15) is 106 Å². The zero-order valence-corrected chi connectivity index (χ0v) is 76.8. The summed E-state index contributed by atoms with van der Waals surface area (Å²) in [5, 5.41) is 44.7. The summed E-state index contributed by atoms with van der Waals surface area (Å²) in [4.78, 5) is 1.96. The Bertz CT molecular complexity index is 6100. The lowest BCUT2D eigenvalue weighted by Gasteiger charge is -2.28. The monoisotopic (exact) mass is 2150 g/mol. The number of thiocarbonyl (C=S) groups is 1. The number of alkyl halides is 21. The average molecular weight is 2150 g/mol. The Kier molecular flexibility index (Phi) is 36.7. The van der Waals surface area contributed by atoms with Crippen LogP contribution in [-0.4, -0.2) is 96.3 Å². The molecule has 0 spiro atoms. The number of aromatic nitrogens is 7. The minimum Gasteiger partial charge on any atom is -0.388 e. The molecule has 132 heavy (non-hydrogen) atoms. The number of rotatable bonds is 18. The van der Waals surface area contributed by atoms with E-state index in [1.807, 2.05) is 26.0 Å². The third-order valence-corrected chi connectivity index (χ3v) is 23.1. The fraction of sp³-hybridized carbons (Fsp3) is 0.234. The molecule has 706 valence electrons. The highest BCUT2D eigenvalue weighted by atomic mass is 79.9. The molecule has 2 atom stereocenters. The molecule has 11 rings (SSSR count). The Hall–Kier alpha value is -9.98. The van der Waals surface area contributed by atoms with E-state index < -0.39 is 161 Å². The second-order valence-electron chi connectivity index (χ2n) is 26.9. The molecule has 5 heterocycles. The van der Waals surface area contributed by atoms with Crippen molar-refractivity contribution in [2.24, 2.45) is 21.2 Å². The lowest BCUT2D eigenvalue weighted by Crippen LogP contribution is -2.46. The minimum atomic E-state index is -5.25. The first kappa shape index (κ1) is 109. The molecule has 0 amide bonds. The molecule has 1 aliphatic heterocycles. The van der Waals surface area contributed by atoms with Gasteiger partial charge in [0, 0.05) is 42.2 Å². The van der Waals surface area contributed by atoms with Crippen molar-refractivity contribution < 1.29 is 110 Å². The number of aliphatic imine (C=N–C) groups is 1. The number of guanidine groups is 1. The highest BCUT2D eigenvalue weighted by molar-refractivity contribution is 9.10. The van der Waals surface area contributed by atoms with Crippen LogP contribution in [0.15, 0.2) is 151 Å². The van der Waals surface area contributed by atoms with E-state index >= 15 is 0 Å². The number of halogens is 29. The summed E-state index contributed by atoms with van der Waals surface area (Å²) in [7, 11) is -7.38. The summed E-state index contributed by atoms with van der Waals surface area (Å²) < 4.78 is 307. The molecule has 10 N–H and O–H groups in total. The van der Waals surface area contributed by atoms with Crippen LogP contribution in [0, 0.1) is 46.3 Å². The van der Waals surface area contributed by atoms with E-state index in [2.05, 4.69) is 78.1 Å². The number of nitrogens with one attached hydrogen (secondary N) is 2. The third-order valence-electron chi connectivity index (χ3n) is 16.8. The maximum absolute atomic E-state index is 13.4. The van der Waals surface area contributed by atoms with Gasteiger partial charge in [0.15, 0.2) is 33.0 Å². The van der Waals surface area contributed by atoms with Crippen LogP contribution in [0.3, 0.4) is 0 Å². The first-order chi connectivity index (χ1) is 61.1. The Morgan fingerprint density at radius 1 is 0.591 bits per heavy atom. The fourth-order valence-corrected chi connectivity index (χ4v) is 16.1. The first-order valence-electron chi connectivity index (χ1n) is 35.7. The van der Waals surface area contributed by atoms with E-state index in [0.717, 1.165) is 46.4 Å². The lowest BCUT2D eigenvalue weighted by atomic mass is 9.93. The van der Waals surface area contributed by atoms with E-state index in [4.69, 9.17) is 124 Å². The van der Waals surface area contributed by atoms with Crippen molar-refractivity contribution in [1.29, 1.82) is 15.8 Å². The van der Waals surface area contributed by atoms with Crippen LogP contribution in [0.2, 0.25) is 35.2 Å². The summed E-state index contributed by atoms with van der Waals surface area (Å²) >= 11 is 49.8. The van der Waals surface area contributed by atoms with Crippen LogP contribution in [-0.2, 0) is 68.1 Å². The maximum atomic E-state index is 13.4. The Morgan fingerprint density at radius 3 is 1.38 bits per heavy atom. The van der Waals surface area contributed by atoms with Gasteiger partial charge in [0.25, 0.3) is 0 Å². The molecule has 10 aromatic rings. The number of hydrazone groups is 1. The fourth-order valence-electron chi connectivity index (χ4n) is 10.8. The van der Waals surface area contributed by atoms with Gasteiger partial charge in [-0.3, -0.25) is 4.99 Å². The Morgan fingerprint density at radius 2 is 1.00 bits per heavy atom. The van der Waals surface area contributed by atoms with Crippen molar-refractivity contribution in [3.05, 3.63) is 228 Å². The third kappa shape index (κ3) is 27.9. The molecule has 22 nitrogen and oxygen atoms in total. The largest absolute Gasteiger partial charge is 0.476 e. The SMILES string of the molecule is CC1(C)CN=C(NN=C(C=Cc2ccc(C(F)(F)F)cc2)C=Cc2ccc(C(F)(F)F)cc2)NC1.CCOCn1c(-c2ccc(Cl)cc2)c(C#N)c(Br)c1C(F)(F)F.CCOSc1c(C#N)nn(-c2c(Cl)cc(C)cc2Cl)c1N.N#Cc1nn(-c2c(Cl)cc(C(F)(F)F)cc2Cl)c(N)c1S(=O)C(F)(F)F.NC(=S)c1nn(-c2c(Cl)cc(C(F)(F)F)cc2Cl)c(N)c1S(=O)C(F)(F)F. The number of nitrogens with zero attached hydrogens (tertiary/aromatic N) is 12. The van der Waals surface area contributed by atoms with Gasteiger partial charge in [0.2, 0.25) is 5.96 Å². The van der Waals surface area contributed by atoms with Crippen LogP contribution in [0.5, 0.6) is 0 Å². The van der Waals surface area contributed by atoms with Crippen molar-refractivity contribution in [2.45, 2.75) is 97.9 Å². The molecular formula is C77H57BrCl7F21N18O4S4. The molecule has 6 aromatic carbocycles. The Labute approximate surface area is 791 Å². The van der Waals surface area contributed by atoms with Gasteiger partial charge in [-0.2, -0.15) is 128 Å². The van der Waals surface area contributed by atoms with Crippen LogP contribution in [0.25, 0.3) is 40.5 Å². The number of allylic oxidation sites excluding steroid dienone is 2. The lowest BCUT2D eigenvalue weighted by molar-refractivity contribution is -0.146. The number of anilines is 3. The second kappa shape index (κ2) is 44.5. The molecule has 0 aliphatic carbocycles. The van der Waals surface area contributed by atoms with Crippen LogP contribution < -0.4 is 33.7 Å². The van der Waals surface area contributed by atoms with E-state index in [1.165, 1.54) is 35.0 Å². The summed E-state index contributed by atoms with van der Waals surface area (Å²) in [6.07, 6.45) is -16.7. The van der Waals surface area contributed by atoms with Crippen LogP contribution in [0.4, 0.5) is 110 Å². The van der Waals surface area contributed by atoms with Gasteiger partial charge in [0.05, 0.1) is 80.4 Å². The number of aryl methyl sites for hydroxylation is 1. The number of nitriles is 3. The van der Waals surface area contributed by atoms with E-state index in [-0.39, 0.29) is 46.0 Å². The van der Waals surface area contributed by atoms with E-state index in [0.29, 0.717) is 107 Å². The summed E-state index contributed by atoms with van der Waals surface area (Å²) in [5.41, 5.74) is 10.7. The molecule has 0 bridgehead atoms. The molecule has 0 saturated carbocycles. The van der Waals surface area contributed by atoms with Crippen molar-refractivity contribution in [1.82, 2.24) is 44.7 Å². The highest BCUT2D eigenvalue weighted by Gasteiger charge is 2.46. The van der Waals surface area contributed by atoms with Gasteiger partial charge < -0.3 is 41.7 Å². The molecule has 55 heteroatoms. The van der Waals surface area contributed by atoms with Crippen molar-refractivity contribution in [3.8, 4) is 46.5 Å². The van der Waals surface area contributed by atoms with Crippen LogP contribution in [0.1, 0.15) is 95.0 Å². The van der Waals surface area contributed by atoms with Gasteiger partial charge in [-0.15, -0.1) is 0 Å². The van der Waals surface area contributed by atoms with Gasteiger partial charge in [-0.05, 0) is 144 Å². The normalized spacial score (nSPS) is 13.4. The second-order valence-corrected chi connectivity index (χ2v) is 34.6. The maximum Gasteiger partial charge on any atom is 0.476 e. The van der Waals surface area contributed by atoms with Crippen molar-refractivity contribution in [2.75, 3.05) is 43.5 Å². The zero-order valence-electron chi connectivity index (χ0n) is 66.6. The smallest absolute Gasteiger partial charge is 0.388 e. The summed E-state index contributed by atoms with van der Waals surface area (Å²) in [5.74, 6) is -1.02. The minimum absolute atomic E-state index is 0.00266. The molecule has 0 saturated heterocycles. The summed E-state index contributed by atoms with van der Waals surface area (Å²) in [6, 6.07) is 26.0. The van der Waals surface area contributed by atoms with Gasteiger partial charge in [-0.25, -0.2) is 27.9 Å². The quantitative estimate of drug-likeness (QED) is 0.0153. The molecule has 2 unspecified atom stereocenters. The number of nitrogens with two attached hydrogens (primary N) is 4. The predicted octanol–water partition coefficient (Wildman–Crippen LogP) is 24.1. The number of hydrogen-bond donors (Lipinski definition) is 6. The van der Waals surface area contributed by atoms with Crippen molar-refractivity contribution in [3.63, 3.8) is 0 Å². The van der Waals surface area contributed by atoms with Crippen LogP contribution >= 0.6 is 121 Å². The molecule has 4 aromatic heterocycles. The number of hydrogen-bond acceptors (Lipinski definition) is 19. The Balaban J connectivity index is 0.000000228. The number of nitrogen functional groups attached to an aromatic ring is 3. The first-order valence-corrected chi connectivity index (χ1v) is 42.6. The zero-order chi connectivity index (χ0) is 99.4. The van der Waals surface area contributed by atoms with Gasteiger partial charge in [0.1, 0.15) is 90.5 Å². The molecule has 0 radical (unpaired) electrons. The molecule has 1 aliphatic rings. The van der Waals surface area contributed by atoms with Gasteiger partial charge in [-0.1, -0.05) is 156 Å². The molecule has 0 fully saturated rings. The number of benzene rings is 6. The van der Waals surface area contributed by atoms with Crippen molar-refractivity contribution >= 4 is 189 Å². The average Bonchev–Trinajstić information content (AvgIpc) is 1.61. The summed E-state index contributed by atoms with van der Waals surface area (Å²) in [6.45, 7) is 11.2.